The summed E-state index contributed by atoms with van der Waals surface area (Å²) >= 11 is 0. The number of hydrazine groups is 1. The molecule has 7 heteroatoms. The summed E-state index contributed by atoms with van der Waals surface area (Å²) in [5.41, 5.74) is 7.05. The van der Waals surface area contributed by atoms with Crippen LogP contribution >= 0.6 is 0 Å². The molecule has 2 amide bonds. The summed E-state index contributed by atoms with van der Waals surface area (Å²) < 4.78 is 1.27. The average molecular weight is 426 g/mol. The van der Waals surface area contributed by atoms with Crippen molar-refractivity contribution in [3.8, 4) is 11.1 Å². The highest BCUT2D eigenvalue weighted by molar-refractivity contribution is 6.06. The lowest BCUT2D eigenvalue weighted by atomic mass is 10.0. The largest absolute Gasteiger partial charge is 0.290 e. The van der Waals surface area contributed by atoms with E-state index in [1.165, 1.54) is 4.68 Å². The van der Waals surface area contributed by atoms with Gasteiger partial charge in [0.05, 0.1) is 11.4 Å². The van der Waals surface area contributed by atoms with Crippen LogP contribution in [0.3, 0.4) is 0 Å². The van der Waals surface area contributed by atoms with Crippen LogP contribution in [0.4, 0.5) is 0 Å². The molecular weight excluding hydrogens is 404 g/mol. The Balaban J connectivity index is 1.53. The lowest BCUT2D eigenvalue weighted by Gasteiger charge is -2.14. The maximum absolute atomic E-state index is 12.8. The molecule has 3 aromatic carbocycles. The molecule has 0 saturated heterocycles. The smallest absolute Gasteiger partial charge is 0.267 e. The first-order chi connectivity index (χ1) is 15.5. The second kappa shape index (κ2) is 8.85. The Morgan fingerprint density at radius 1 is 0.750 bits per heavy atom. The highest BCUT2D eigenvalue weighted by Crippen LogP contribution is 2.19. The summed E-state index contributed by atoms with van der Waals surface area (Å²) in [6.07, 6.45) is 0. The molecule has 0 aliphatic carbocycles. The minimum Gasteiger partial charge on any atom is -0.267 e. The highest BCUT2D eigenvalue weighted by atomic mass is 16.2. The van der Waals surface area contributed by atoms with E-state index < -0.39 is 11.8 Å². The molecule has 2 N–H and O–H groups in total. The number of benzene rings is 3. The number of hydrogen-bond donors (Lipinski definition) is 2. The van der Waals surface area contributed by atoms with E-state index in [1.807, 2.05) is 56.3 Å². The van der Waals surface area contributed by atoms with Crippen LogP contribution in [0.1, 0.15) is 40.7 Å². The van der Waals surface area contributed by atoms with E-state index in [0.717, 1.165) is 11.1 Å². The molecule has 0 aliphatic rings. The fourth-order valence-electron chi connectivity index (χ4n) is 3.41. The predicted octanol–water partition coefficient (Wildman–Crippen LogP) is 3.72. The topological polar surface area (TPSA) is 93.1 Å². The summed E-state index contributed by atoms with van der Waals surface area (Å²) in [4.78, 5) is 38.0. The Hall–Kier alpha value is -4.26. The number of fused-ring (bicyclic) bond motifs is 1. The van der Waals surface area contributed by atoms with Crippen LogP contribution in [0.25, 0.3) is 21.9 Å². The van der Waals surface area contributed by atoms with Crippen molar-refractivity contribution in [2.75, 3.05) is 0 Å². The SMILES string of the molecule is CC(C)n1nc(C(=O)NNC(=O)c2ccc(-c3ccccc3)cc2)c2ccccc2c1=O. The van der Waals surface area contributed by atoms with Crippen LogP contribution in [0.2, 0.25) is 0 Å². The van der Waals surface area contributed by atoms with Gasteiger partial charge in [0.2, 0.25) is 0 Å². The van der Waals surface area contributed by atoms with E-state index in [4.69, 9.17) is 0 Å². The van der Waals surface area contributed by atoms with Crippen molar-refractivity contribution in [3.63, 3.8) is 0 Å². The summed E-state index contributed by atoms with van der Waals surface area (Å²) in [5, 5.41) is 5.05. The van der Waals surface area contributed by atoms with Crippen molar-refractivity contribution < 1.29 is 9.59 Å². The van der Waals surface area contributed by atoms with E-state index in [1.54, 1.807) is 36.4 Å². The fourth-order valence-corrected chi connectivity index (χ4v) is 3.41. The maximum Gasteiger partial charge on any atom is 0.290 e. The Morgan fingerprint density at radius 2 is 1.31 bits per heavy atom. The minimum absolute atomic E-state index is 0.0635. The molecule has 0 radical (unpaired) electrons. The monoisotopic (exact) mass is 426 g/mol. The first kappa shape index (κ1) is 21.0. The molecular formula is C25H22N4O3. The Morgan fingerprint density at radius 3 is 1.97 bits per heavy atom. The van der Waals surface area contributed by atoms with E-state index in [9.17, 15) is 14.4 Å². The molecule has 7 nitrogen and oxygen atoms in total. The molecule has 0 aliphatic heterocycles. The third-order valence-corrected chi connectivity index (χ3v) is 5.08. The van der Waals surface area contributed by atoms with E-state index in [-0.39, 0.29) is 17.3 Å². The van der Waals surface area contributed by atoms with E-state index in [0.29, 0.717) is 16.3 Å². The number of rotatable bonds is 4. The van der Waals surface area contributed by atoms with Crippen molar-refractivity contribution >= 4 is 22.6 Å². The van der Waals surface area contributed by atoms with Crippen LogP contribution in [0.15, 0.2) is 83.7 Å². The number of carbonyl (C=O) groups excluding carboxylic acids is 2. The quantitative estimate of drug-likeness (QED) is 0.487. The van der Waals surface area contributed by atoms with E-state index >= 15 is 0 Å². The molecule has 0 spiro atoms. The molecule has 0 atom stereocenters. The molecule has 32 heavy (non-hydrogen) atoms. The van der Waals surface area contributed by atoms with Gasteiger partial charge in [-0.15, -0.1) is 0 Å². The zero-order valence-electron chi connectivity index (χ0n) is 17.7. The van der Waals surface area contributed by atoms with Gasteiger partial charge in [-0.3, -0.25) is 25.2 Å². The number of amides is 2. The van der Waals surface area contributed by atoms with Crippen molar-refractivity contribution in [3.05, 3.63) is 100 Å². The van der Waals surface area contributed by atoms with Crippen molar-refractivity contribution in [2.45, 2.75) is 19.9 Å². The maximum atomic E-state index is 12.8. The molecule has 4 rings (SSSR count). The lowest BCUT2D eigenvalue weighted by Crippen LogP contribution is -2.43. The minimum atomic E-state index is -0.607. The molecule has 0 fully saturated rings. The van der Waals surface area contributed by atoms with Crippen molar-refractivity contribution in [2.24, 2.45) is 0 Å². The fraction of sp³-hybridized carbons (Fsp3) is 0.120. The molecule has 4 aromatic rings. The average Bonchev–Trinajstić information content (AvgIpc) is 2.83. The zero-order valence-corrected chi connectivity index (χ0v) is 17.7. The van der Waals surface area contributed by atoms with Crippen LogP contribution < -0.4 is 16.4 Å². The predicted molar refractivity (Wildman–Crippen MR) is 123 cm³/mol. The number of nitrogens with one attached hydrogen (secondary N) is 2. The molecule has 1 heterocycles. The van der Waals surface area contributed by atoms with Crippen LogP contribution in [-0.4, -0.2) is 21.6 Å². The number of carbonyl (C=O) groups is 2. The highest BCUT2D eigenvalue weighted by Gasteiger charge is 2.18. The molecule has 160 valence electrons. The van der Waals surface area contributed by atoms with Gasteiger partial charge in [0.1, 0.15) is 0 Å². The normalized spacial score (nSPS) is 10.8. The first-order valence-electron chi connectivity index (χ1n) is 10.2. The third-order valence-electron chi connectivity index (χ3n) is 5.08. The molecule has 0 bridgehead atoms. The van der Waals surface area contributed by atoms with Crippen molar-refractivity contribution in [1.29, 1.82) is 0 Å². The first-order valence-corrected chi connectivity index (χ1v) is 10.2. The lowest BCUT2D eigenvalue weighted by molar-refractivity contribution is 0.0843. The summed E-state index contributed by atoms with van der Waals surface area (Å²) in [6, 6.07) is 23.4. The second-order valence-corrected chi connectivity index (χ2v) is 7.59. The van der Waals surface area contributed by atoms with Gasteiger partial charge in [-0.05, 0) is 43.2 Å². The van der Waals surface area contributed by atoms with Gasteiger partial charge in [0.25, 0.3) is 17.4 Å². The Labute approximate surface area is 184 Å². The molecule has 0 saturated carbocycles. The van der Waals surface area contributed by atoms with Gasteiger partial charge in [-0.1, -0.05) is 60.7 Å². The van der Waals surface area contributed by atoms with Gasteiger partial charge in [-0.25, -0.2) is 4.68 Å². The second-order valence-electron chi connectivity index (χ2n) is 7.59. The van der Waals surface area contributed by atoms with Crippen LogP contribution in [-0.2, 0) is 0 Å². The molecule has 0 unspecified atom stereocenters. The molecule has 1 aromatic heterocycles. The van der Waals surface area contributed by atoms with Gasteiger partial charge in [0.15, 0.2) is 5.69 Å². The van der Waals surface area contributed by atoms with Gasteiger partial charge in [0, 0.05) is 10.9 Å². The van der Waals surface area contributed by atoms with Gasteiger partial charge < -0.3 is 0 Å². The number of nitrogens with zero attached hydrogens (tertiary/aromatic N) is 2. The summed E-state index contributed by atoms with van der Waals surface area (Å²) in [7, 11) is 0. The van der Waals surface area contributed by atoms with Crippen molar-refractivity contribution in [1.82, 2.24) is 20.6 Å². The Kier molecular flexibility index (Phi) is 5.81. The third kappa shape index (κ3) is 4.13. The number of hydrogen-bond acceptors (Lipinski definition) is 4. The van der Waals surface area contributed by atoms with Gasteiger partial charge in [-0.2, -0.15) is 5.10 Å². The van der Waals surface area contributed by atoms with Crippen LogP contribution in [0, 0.1) is 0 Å². The van der Waals surface area contributed by atoms with Gasteiger partial charge >= 0.3 is 0 Å². The zero-order chi connectivity index (χ0) is 22.7. The summed E-state index contributed by atoms with van der Waals surface area (Å²) in [5.74, 6) is -1.07. The number of aromatic nitrogens is 2. The van der Waals surface area contributed by atoms with Crippen LogP contribution in [0.5, 0.6) is 0 Å². The van der Waals surface area contributed by atoms with E-state index in [2.05, 4.69) is 16.0 Å². The standard InChI is InChI=1S/C25H22N4O3/c1-16(2)29-25(32)21-11-7-6-10-20(21)22(28-29)24(31)27-26-23(30)19-14-12-18(13-15-19)17-8-4-3-5-9-17/h3-16H,1-2H3,(H,26,30)(H,27,31). The summed E-state index contributed by atoms with van der Waals surface area (Å²) in [6.45, 7) is 3.62. The Bertz CT molecular complexity index is 1340.